The van der Waals surface area contributed by atoms with Crippen molar-refractivity contribution in [3.05, 3.63) is 80.6 Å². The van der Waals surface area contributed by atoms with Crippen molar-refractivity contribution in [2.45, 2.75) is 33.4 Å². The molecule has 0 saturated carbocycles. The number of hydrogen-bond donors (Lipinski definition) is 0. The summed E-state index contributed by atoms with van der Waals surface area (Å²) in [4.78, 5) is 41.1. The number of Topliss-reactive ketones (excluding diaryl/α,β-unsaturated/α-hetero) is 1. The Balaban J connectivity index is 2.01. The fraction of sp³-hybridized carbons (Fsp3) is 0.292. The van der Waals surface area contributed by atoms with Crippen LogP contribution in [-0.2, 0) is 18.3 Å². The Hall–Kier alpha value is -3.26. The van der Waals surface area contributed by atoms with E-state index in [1.165, 1.54) is 35.5 Å². The first-order valence-electron chi connectivity index (χ1n) is 10.0. The number of carbonyl (C=O) groups excluding carboxylic acids is 3. The zero-order chi connectivity index (χ0) is 23.6. The summed E-state index contributed by atoms with van der Waals surface area (Å²) in [5, 5.41) is 1.80. The second-order valence-corrected chi connectivity index (χ2v) is 8.51. The Morgan fingerprint density at radius 3 is 2.38 bits per heavy atom. The SMILES string of the molecule is COC(=O)c1c(C)c(C(=O)C(C)N(Cc2ccc(F)cc2)C(=O)c2cccs2)c(C)n1C. The van der Waals surface area contributed by atoms with Crippen LogP contribution in [0.1, 0.15) is 54.3 Å². The number of aromatic nitrogens is 1. The Labute approximate surface area is 190 Å². The minimum Gasteiger partial charge on any atom is -0.464 e. The van der Waals surface area contributed by atoms with Gasteiger partial charge in [0.15, 0.2) is 5.78 Å². The van der Waals surface area contributed by atoms with E-state index in [4.69, 9.17) is 4.74 Å². The molecule has 0 saturated heterocycles. The van der Waals surface area contributed by atoms with Crippen molar-refractivity contribution in [1.82, 2.24) is 9.47 Å². The van der Waals surface area contributed by atoms with E-state index < -0.39 is 12.0 Å². The topological polar surface area (TPSA) is 68.6 Å². The van der Waals surface area contributed by atoms with Crippen molar-refractivity contribution in [3.63, 3.8) is 0 Å². The molecule has 168 valence electrons. The number of thiophene rings is 1. The molecule has 0 fully saturated rings. The number of methoxy groups -OCH3 is 1. The first-order chi connectivity index (χ1) is 15.2. The van der Waals surface area contributed by atoms with E-state index in [1.54, 1.807) is 62.0 Å². The number of esters is 1. The Morgan fingerprint density at radius 2 is 1.81 bits per heavy atom. The second-order valence-electron chi connectivity index (χ2n) is 7.56. The molecule has 3 aromatic rings. The predicted molar refractivity (Wildman–Crippen MR) is 121 cm³/mol. The van der Waals surface area contributed by atoms with Gasteiger partial charge >= 0.3 is 5.97 Å². The van der Waals surface area contributed by atoms with Gasteiger partial charge in [-0.05, 0) is 55.5 Å². The maximum atomic E-state index is 13.6. The van der Waals surface area contributed by atoms with Crippen LogP contribution in [0.25, 0.3) is 0 Å². The van der Waals surface area contributed by atoms with E-state index in [9.17, 15) is 18.8 Å². The van der Waals surface area contributed by atoms with Gasteiger partial charge in [-0.15, -0.1) is 11.3 Å². The van der Waals surface area contributed by atoms with Crippen LogP contribution >= 0.6 is 11.3 Å². The quantitative estimate of drug-likeness (QED) is 0.387. The maximum absolute atomic E-state index is 13.6. The maximum Gasteiger partial charge on any atom is 0.354 e. The third-order valence-electron chi connectivity index (χ3n) is 5.66. The lowest BCUT2D eigenvalue weighted by Gasteiger charge is -2.28. The van der Waals surface area contributed by atoms with Gasteiger partial charge in [0.2, 0.25) is 0 Å². The van der Waals surface area contributed by atoms with Gasteiger partial charge in [-0.1, -0.05) is 18.2 Å². The van der Waals surface area contributed by atoms with Crippen LogP contribution in [0, 0.1) is 19.7 Å². The van der Waals surface area contributed by atoms with Crippen molar-refractivity contribution in [3.8, 4) is 0 Å². The summed E-state index contributed by atoms with van der Waals surface area (Å²) >= 11 is 1.29. The van der Waals surface area contributed by atoms with Crippen LogP contribution in [-0.4, -0.2) is 40.3 Å². The third kappa shape index (κ3) is 4.36. The molecule has 1 amide bonds. The zero-order valence-electron chi connectivity index (χ0n) is 18.6. The van der Waals surface area contributed by atoms with E-state index in [2.05, 4.69) is 0 Å². The summed E-state index contributed by atoms with van der Waals surface area (Å²) in [5.41, 5.74) is 2.52. The lowest BCUT2D eigenvalue weighted by atomic mass is 9.99. The monoisotopic (exact) mass is 456 g/mol. The number of ketones is 1. The van der Waals surface area contributed by atoms with Gasteiger partial charge < -0.3 is 14.2 Å². The molecule has 32 heavy (non-hydrogen) atoms. The van der Waals surface area contributed by atoms with Gasteiger partial charge in [0, 0.05) is 24.8 Å². The molecule has 0 radical (unpaired) electrons. The number of hydrogen-bond acceptors (Lipinski definition) is 5. The molecule has 0 bridgehead atoms. The molecule has 6 nitrogen and oxygen atoms in total. The van der Waals surface area contributed by atoms with Gasteiger partial charge in [-0.2, -0.15) is 0 Å². The average Bonchev–Trinajstić information content (AvgIpc) is 3.39. The standard InChI is InChI=1S/C24H25FN2O4S/c1-14-20(15(2)26(4)21(14)24(30)31-5)22(28)16(3)27(23(29)19-7-6-12-32-19)13-17-8-10-18(25)11-9-17/h6-12,16H,13H2,1-5H3. The van der Waals surface area contributed by atoms with Crippen LogP contribution in [0.3, 0.4) is 0 Å². The second kappa shape index (κ2) is 9.48. The van der Waals surface area contributed by atoms with E-state index in [1.807, 2.05) is 0 Å². The highest BCUT2D eigenvalue weighted by molar-refractivity contribution is 7.12. The van der Waals surface area contributed by atoms with Gasteiger partial charge in [0.1, 0.15) is 11.5 Å². The lowest BCUT2D eigenvalue weighted by Crippen LogP contribution is -2.43. The van der Waals surface area contributed by atoms with Gasteiger partial charge in [0.25, 0.3) is 5.91 Å². The molecule has 1 atom stereocenters. The number of nitrogens with zero attached hydrogens (tertiary/aromatic N) is 2. The molecule has 1 aromatic carbocycles. The molecule has 0 spiro atoms. The fourth-order valence-corrected chi connectivity index (χ4v) is 4.47. The molecule has 2 aromatic heterocycles. The largest absolute Gasteiger partial charge is 0.464 e. The van der Waals surface area contributed by atoms with Crippen LogP contribution in [0.15, 0.2) is 41.8 Å². The summed E-state index contributed by atoms with van der Waals surface area (Å²) in [5.74, 6) is -1.47. The van der Waals surface area contributed by atoms with E-state index >= 15 is 0 Å². The number of carbonyl (C=O) groups is 3. The first kappa shape index (κ1) is 23.4. The normalized spacial score (nSPS) is 11.8. The average molecular weight is 457 g/mol. The molecule has 8 heteroatoms. The van der Waals surface area contributed by atoms with Crippen LogP contribution in [0.2, 0.25) is 0 Å². The molecular formula is C24H25FN2O4S. The van der Waals surface area contributed by atoms with Crippen molar-refractivity contribution >= 4 is 29.0 Å². The van der Waals surface area contributed by atoms with Crippen molar-refractivity contribution in [1.29, 1.82) is 0 Å². The molecular weight excluding hydrogens is 431 g/mol. The number of halogens is 1. The highest BCUT2D eigenvalue weighted by atomic mass is 32.1. The summed E-state index contributed by atoms with van der Waals surface area (Å²) in [7, 11) is 2.99. The Kier molecular flexibility index (Phi) is 6.93. The minimum absolute atomic E-state index is 0.138. The summed E-state index contributed by atoms with van der Waals surface area (Å²) in [6.45, 7) is 5.26. The number of amides is 1. The van der Waals surface area contributed by atoms with E-state index in [0.717, 1.165) is 0 Å². The molecule has 0 aliphatic carbocycles. The third-order valence-corrected chi connectivity index (χ3v) is 6.52. The summed E-state index contributed by atoms with van der Waals surface area (Å²) in [6.07, 6.45) is 0. The summed E-state index contributed by atoms with van der Waals surface area (Å²) in [6, 6.07) is 8.49. The van der Waals surface area contributed by atoms with Crippen molar-refractivity contribution in [2.75, 3.05) is 7.11 Å². The zero-order valence-corrected chi connectivity index (χ0v) is 19.5. The van der Waals surface area contributed by atoms with Gasteiger partial charge in [0.05, 0.1) is 18.0 Å². The Bertz CT molecular complexity index is 1150. The van der Waals surface area contributed by atoms with Crippen molar-refractivity contribution in [2.24, 2.45) is 7.05 Å². The van der Waals surface area contributed by atoms with Crippen molar-refractivity contribution < 1.29 is 23.5 Å². The molecule has 0 aliphatic rings. The molecule has 0 aliphatic heterocycles. The van der Waals surface area contributed by atoms with E-state index in [0.29, 0.717) is 33.0 Å². The Morgan fingerprint density at radius 1 is 1.16 bits per heavy atom. The number of rotatable bonds is 7. The number of benzene rings is 1. The molecule has 1 unspecified atom stereocenters. The molecule has 0 N–H and O–H groups in total. The highest BCUT2D eigenvalue weighted by Crippen LogP contribution is 2.26. The lowest BCUT2D eigenvalue weighted by molar-refractivity contribution is 0.0587. The number of ether oxygens (including phenoxy) is 1. The van der Waals surface area contributed by atoms with E-state index in [-0.39, 0.29) is 24.1 Å². The van der Waals surface area contributed by atoms with Crippen LogP contribution in [0.4, 0.5) is 4.39 Å². The summed E-state index contributed by atoms with van der Waals surface area (Å²) < 4.78 is 19.9. The fourth-order valence-electron chi connectivity index (χ4n) is 3.79. The smallest absolute Gasteiger partial charge is 0.354 e. The van der Waals surface area contributed by atoms with Gasteiger partial charge in [-0.25, -0.2) is 9.18 Å². The minimum atomic E-state index is -0.819. The first-order valence-corrected chi connectivity index (χ1v) is 10.9. The predicted octanol–water partition coefficient (Wildman–Crippen LogP) is 4.54. The molecule has 2 heterocycles. The molecule has 3 rings (SSSR count). The van der Waals surface area contributed by atoms with Crippen LogP contribution in [0.5, 0.6) is 0 Å². The van der Waals surface area contributed by atoms with Crippen LogP contribution < -0.4 is 0 Å². The van der Waals surface area contributed by atoms with Gasteiger partial charge in [-0.3, -0.25) is 9.59 Å². The highest BCUT2D eigenvalue weighted by Gasteiger charge is 2.33.